The zero-order valence-electron chi connectivity index (χ0n) is 19.7. The number of aryl methyl sites for hydroxylation is 1. The number of nitrogens with zero attached hydrogens (tertiary/aromatic N) is 2. The maximum absolute atomic E-state index is 12.5. The Morgan fingerprint density at radius 2 is 1.61 bits per heavy atom. The zero-order chi connectivity index (χ0) is 23.0. The number of rotatable bonds is 10. The van der Waals surface area contributed by atoms with Crippen LogP contribution in [0.25, 0.3) is 0 Å². The van der Waals surface area contributed by atoms with Gasteiger partial charge < -0.3 is 19.5 Å². The molecule has 1 saturated heterocycles. The van der Waals surface area contributed by atoms with Gasteiger partial charge in [0.1, 0.15) is 6.04 Å². The summed E-state index contributed by atoms with van der Waals surface area (Å²) in [6.07, 6.45) is 0.786. The van der Waals surface area contributed by atoms with Crippen LogP contribution < -0.4 is 14.8 Å². The molecule has 0 spiro atoms. The van der Waals surface area contributed by atoms with Crippen LogP contribution >= 0.6 is 0 Å². The van der Waals surface area contributed by atoms with Gasteiger partial charge in [-0.05, 0) is 36.1 Å². The maximum atomic E-state index is 12.5. The molecule has 1 aromatic carbocycles. The Hall–Kier alpha value is -2.32. The van der Waals surface area contributed by atoms with Gasteiger partial charge in [0, 0.05) is 32.7 Å². The number of amides is 1. The van der Waals surface area contributed by atoms with E-state index in [0.717, 1.165) is 50.6 Å². The second-order valence-electron chi connectivity index (χ2n) is 8.14. The van der Waals surface area contributed by atoms with E-state index in [2.05, 4.69) is 22.0 Å². The number of carbonyl (C=O) groups excluding carboxylic acids is 2. The first-order chi connectivity index (χ1) is 14.8. The molecule has 8 nitrogen and oxygen atoms in total. The molecule has 0 saturated carbocycles. The van der Waals surface area contributed by atoms with E-state index in [1.54, 1.807) is 14.2 Å². The molecule has 31 heavy (non-hydrogen) atoms. The van der Waals surface area contributed by atoms with E-state index in [1.165, 1.54) is 18.2 Å². The SMILES string of the molecule is CC[C@H](C)[C@H](NC(=O)CN1CCN(Cc2cc(OC)c(OC)cc2C)CC1)C(=O)OC. The van der Waals surface area contributed by atoms with Crippen LogP contribution in [0.4, 0.5) is 0 Å². The minimum Gasteiger partial charge on any atom is -0.493 e. The number of nitrogens with one attached hydrogen (secondary N) is 1. The Kier molecular flexibility index (Phi) is 9.58. The van der Waals surface area contributed by atoms with Crippen molar-refractivity contribution in [3.63, 3.8) is 0 Å². The van der Waals surface area contributed by atoms with E-state index in [0.29, 0.717) is 0 Å². The van der Waals surface area contributed by atoms with Crippen molar-refractivity contribution < 1.29 is 23.8 Å². The molecule has 0 radical (unpaired) electrons. The number of hydrogen-bond donors (Lipinski definition) is 1. The van der Waals surface area contributed by atoms with Crippen molar-refractivity contribution in [3.05, 3.63) is 23.3 Å². The first kappa shape index (κ1) is 24.9. The van der Waals surface area contributed by atoms with Crippen molar-refractivity contribution in [1.82, 2.24) is 15.1 Å². The molecule has 0 aromatic heterocycles. The van der Waals surface area contributed by atoms with Crippen molar-refractivity contribution in [2.45, 2.75) is 39.8 Å². The molecule has 0 bridgehead atoms. The average molecular weight is 436 g/mol. The highest BCUT2D eigenvalue weighted by molar-refractivity contribution is 5.85. The van der Waals surface area contributed by atoms with Gasteiger partial charge in [-0.1, -0.05) is 20.3 Å². The van der Waals surface area contributed by atoms with Crippen molar-refractivity contribution >= 4 is 11.9 Å². The molecule has 8 heteroatoms. The predicted octanol–water partition coefficient (Wildman–Crippen LogP) is 1.83. The van der Waals surface area contributed by atoms with Gasteiger partial charge in [-0.3, -0.25) is 14.6 Å². The summed E-state index contributed by atoms with van der Waals surface area (Å²) < 4.78 is 15.7. The summed E-state index contributed by atoms with van der Waals surface area (Å²) in [5.41, 5.74) is 2.37. The van der Waals surface area contributed by atoms with Crippen LogP contribution in [-0.4, -0.2) is 81.8 Å². The molecule has 174 valence electrons. The van der Waals surface area contributed by atoms with E-state index in [1.807, 2.05) is 26.0 Å². The van der Waals surface area contributed by atoms with Gasteiger partial charge in [0.05, 0.1) is 27.9 Å². The average Bonchev–Trinajstić information content (AvgIpc) is 2.78. The molecule has 1 N–H and O–H groups in total. The summed E-state index contributed by atoms with van der Waals surface area (Å²) in [5, 5.41) is 2.85. The number of methoxy groups -OCH3 is 3. The summed E-state index contributed by atoms with van der Waals surface area (Å²) in [6, 6.07) is 3.44. The number of esters is 1. The molecule has 1 amide bonds. The molecule has 0 aliphatic carbocycles. The van der Waals surface area contributed by atoms with Crippen LogP contribution in [-0.2, 0) is 20.9 Å². The van der Waals surface area contributed by atoms with Gasteiger partial charge in [0.2, 0.25) is 5.91 Å². The number of ether oxygens (including phenoxy) is 3. The number of benzene rings is 1. The van der Waals surface area contributed by atoms with Gasteiger partial charge in [0.25, 0.3) is 0 Å². The summed E-state index contributed by atoms with van der Waals surface area (Å²) in [6.45, 7) is 10.4. The lowest BCUT2D eigenvalue weighted by Crippen LogP contribution is -2.52. The van der Waals surface area contributed by atoms with E-state index in [9.17, 15) is 9.59 Å². The Labute approximate surface area is 185 Å². The maximum Gasteiger partial charge on any atom is 0.328 e. The van der Waals surface area contributed by atoms with Crippen LogP contribution in [0.3, 0.4) is 0 Å². The Bertz CT molecular complexity index is 747. The molecular weight excluding hydrogens is 398 g/mol. The lowest BCUT2D eigenvalue weighted by atomic mass is 9.99. The van der Waals surface area contributed by atoms with Crippen LogP contribution in [0.1, 0.15) is 31.4 Å². The number of hydrogen-bond acceptors (Lipinski definition) is 7. The normalized spacial score (nSPS) is 17.0. The first-order valence-corrected chi connectivity index (χ1v) is 10.9. The highest BCUT2D eigenvalue weighted by atomic mass is 16.5. The van der Waals surface area contributed by atoms with Crippen molar-refractivity contribution in [2.24, 2.45) is 5.92 Å². The second-order valence-corrected chi connectivity index (χ2v) is 8.14. The fraction of sp³-hybridized carbons (Fsp3) is 0.652. The Morgan fingerprint density at radius 1 is 1.03 bits per heavy atom. The third kappa shape index (κ3) is 6.83. The lowest BCUT2D eigenvalue weighted by Gasteiger charge is -2.35. The molecule has 1 fully saturated rings. The largest absolute Gasteiger partial charge is 0.493 e. The van der Waals surface area contributed by atoms with Crippen LogP contribution in [0.15, 0.2) is 12.1 Å². The van der Waals surface area contributed by atoms with Gasteiger partial charge >= 0.3 is 5.97 Å². The van der Waals surface area contributed by atoms with Gasteiger partial charge in [0.15, 0.2) is 11.5 Å². The summed E-state index contributed by atoms with van der Waals surface area (Å²) in [5.74, 6) is 0.970. The van der Waals surface area contributed by atoms with E-state index in [-0.39, 0.29) is 18.4 Å². The Morgan fingerprint density at radius 3 is 2.16 bits per heavy atom. The molecule has 0 unspecified atom stereocenters. The first-order valence-electron chi connectivity index (χ1n) is 10.9. The van der Waals surface area contributed by atoms with Crippen molar-refractivity contribution in [2.75, 3.05) is 54.1 Å². The highest BCUT2D eigenvalue weighted by Crippen LogP contribution is 2.31. The summed E-state index contributed by atoms with van der Waals surface area (Å²) >= 11 is 0. The summed E-state index contributed by atoms with van der Waals surface area (Å²) in [4.78, 5) is 29.0. The van der Waals surface area contributed by atoms with Crippen molar-refractivity contribution in [3.8, 4) is 11.5 Å². The smallest absolute Gasteiger partial charge is 0.328 e. The standard InChI is InChI=1S/C23H37N3O5/c1-7-16(2)22(23(28)31-6)24-21(27)15-26-10-8-25(9-11-26)14-18-13-20(30-5)19(29-4)12-17(18)3/h12-13,16,22H,7-11,14-15H2,1-6H3,(H,24,27)/t16-,22-/m0/s1. The third-order valence-electron chi connectivity index (χ3n) is 6.05. The number of carbonyl (C=O) groups is 2. The zero-order valence-corrected chi connectivity index (χ0v) is 19.7. The van der Waals surface area contributed by atoms with Gasteiger partial charge in [-0.25, -0.2) is 4.79 Å². The van der Waals surface area contributed by atoms with E-state index in [4.69, 9.17) is 14.2 Å². The Balaban J connectivity index is 1.87. The molecule has 1 aromatic rings. The molecule has 2 rings (SSSR count). The monoisotopic (exact) mass is 435 g/mol. The lowest BCUT2D eigenvalue weighted by molar-refractivity contribution is -0.146. The third-order valence-corrected chi connectivity index (χ3v) is 6.05. The quantitative estimate of drug-likeness (QED) is 0.562. The molecular formula is C23H37N3O5. The fourth-order valence-corrected chi connectivity index (χ4v) is 3.76. The van der Waals surface area contributed by atoms with Crippen LogP contribution in [0, 0.1) is 12.8 Å². The predicted molar refractivity (Wildman–Crippen MR) is 119 cm³/mol. The van der Waals surface area contributed by atoms with E-state index >= 15 is 0 Å². The molecule has 1 heterocycles. The number of piperazine rings is 1. The highest BCUT2D eigenvalue weighted by Gasteiger charge is 2.28. The topological polar surface area (TPSA) is 80.3 Å². The van der Waals surface area contributed by atoms with Crippen molar-refractivity contribution in [1.29, 1.82) is 0 Å². The van der Waals surface area contributed by atoms with Crippen LogP contribution in [0.5, 0.6) is 11.5 Å². The van der Waals surface area contributed by atoms with Crippen LogP contribution in [0.2, 0.25) is 0 Å². The minimum atomic E-state index is -0.600. The fourth-order valence-electron chi connectivity index (χ4n) is 3.76. The second kappa shape index (κ2) is 11.9. The van der Waals surface area contributed by atoms with E-state index < -0.39 is 12.0 Å². The van der Waals surface area contributed by atoms with Gasteiger partial charge in [-0.2, -0.15) is 0 Å². The molecule has 1 aliphatic rings. The minimum absolute atomic E-state index is 0.0259. The molecule has 2 atom stereocenters. The van der Waals surface area contributed by atoms with Gasteiger partial charge in [-0.15, -0.1) is 0 Å². The summed E-state index contributed by atoms with van der Waals surface area (Å²) in [7, 11) is 4.64. The molecule has 1 aliphatic heterocycles.